The van der Waals surface area contributed by atoms with E-state index in [-0.39, 0.29) is 12.0 Å². The molecule has 1 saturated heterocycles. The first-order valence-electron chi connectivity index (χ1n) is 7.64. The van der Waals surface area contributed by atoms with Gasteiger partial charge in [-0.05, 0) is 36.5 Å². The van der Waals surface area contributed by atoms with Gasteiger partial charge in [-0.3, -0.25) is 5.10 Å². The molecular weight excluding hydrogens is 298 g/mol. The molecule has 0 atom stereocenters. The van der Waals surface area contributed by atoms with Crippen molar-refractivity contribution in [2.75, 3.05) is 25.6 Å². The number of thioether (sulfide) groups is 1. The Kier molecular flexibility index (Phi) is 3.68. The Morgan fingerprint density at radius 2 is 2.14 bits per heavy atom. The van der Waals surface area contributed by atoms with Gasteiger partial charge in [0.15, 0.2) is 5.82 Å². The van der Waals surface area contributed by atoms with Crippen molar-refractivity contribution >= 4 is 11.8 Å². The number of aromatic amines is 1. The minimum atomic E-state index is -0.112. The van der Waals surface area contributed by atoms with Crippen LogP contribution >= 0.6 is 11.8 Å². The van der Waals surface area contributed by atoms with E-state index >= 15 is 0 Å². The van der Waals surface area contributed by atoms with Crippen molar-refractivity contribution in [3.8, 4) is 11.4 Å². The van der Waals surface area contributed by atoms with Crippen molar-refractivity contribution in [2.24, 2.45) is 5.41 Å². The van der Waals surface area contributed by atoms with Gasteiger partial charge in [-0.2, -0.15) is 0 Å². The number of aliphatic hydroxyl groups is 1. The van der Waals surface area contributed by atoms with E-state index < -0.39 is 0 Å². The second-order valence-electron chi connectivity index (χ2n) is 6.24. The summed E-state index contributed by atoms with van der Waals surface area (Å²) in [5.74, 6) is 1.60. The molecule has 1 aliphatic heterocycles. The number of aliphatic hydroxyl groups excluding tert-OH is 1. The Labute approximate surface area is 133 Å². The average molecular weight is 317 g/mol. The molecule has 1 aromatic heterocycles. The lowest BCUT2D eigenvalue weighted by Gasteiger charge is -2.39. The molecule has 0 saturated carbocycles. The van der Waals surface area contributed by atoms with Crippen LogP contribution in [0.3, 0.4) is 0 Å². The third kappa shape index (κ3) is 2.55. The molecule has 2 N–H and O–H groups in total. The molecule has 22 heavy (non-hydrogen) atoms. The van der Waals surface area contributed by atoms with E-state index in [1.807, 2.05) is 0 Å². The van der Waals surface area contributed by atoms with E-state index in [2.05, 4.69) is 33.4 Å². The summed E-state index contributed by atoms with van der Waals surface area (Å²) in [7, 11) is 0. The van der Waals surface area contributed by atoms with Crippen LogP contribution < -0.4 is 0 Å². The Hall–Kier alpha value is -1.37. The van der Waals surface area contributed by atoms with Gasteiger partial charge in [0, 0.05) is 16.7 Å². The van der Waals surface area contributed by atoms with E-state index in [4.69, 9.17) is 4.74 Å². The van der Waals surface area contributed by atoms with E-state index in [0.29, 0.717) is 13.2 Å². The summed E-state index contributed by atoms with van der Waals surface area (Å²) in [5.41, 5.74) is 3.89. The summed E-state index contributed by atoms with van der Waals surface area (Å²) >= 11 is 1.58. The summed E-state index contributed by atoms with van der Waals surface area (Å²) < 4.78 is 5.21. The third-order valence-electron chi connectivity index (χ3n) is 4.50. The van der Waals surface area contributed by atoms with Gasteiger partial charge in [0.1, 0.15) is 0 Å². The maximum atomic E-state index is 9.45. The first kappa shape index (κ1) is 14.2. The number of fused-ring (bicyclic) bond motifs is 1. The fourth-order valence-electron chi connectivity index (χ4n) is 2.99. The normalized spacial score (nSPS) is 19.0. The number of rotatable bonds is 5. The molecule has 0 spiro atoms. The maximum absolute atomic E-state index is 9.45. The molecule has 1 fully saturated rings. The summed E-state index contributed by atoms with van der Waals surface area (Å²) in [6.07, 6.45) is 3.61. The minimum Gasteiger partial charge on any atom is -0.396 e. The maximum Gasteiger partial charge on any atom is 0.208 e. The van der Waals surface area contributed by atoms with Crippen LogP contribution in [0.4, 0.5) is 0 Å². The molecule has 0 unspecified atom stereocenters. The standard InChI is InChI=1S/C16H19N3O2S/c20-7-16(8-21-9-16)10-22-15-17-14(18-19-15)13-5-4-11-2-1-3-12(11)6-13/h4-6,20H,1-3,7-10H2,(H,17,18,19). The largest absolute Gasteiger partial charge is 0.396 e. The summed E-state index contributed by atoms with van der Waals surface area (Å²) in [6, 6.07) is 6.56. The SMILES string of the molecule is OCC1(CSc2n[nH]c(-c3ccc4c(c3)CCC4)n2)COC1. The van der Waals surface area contributed by atoms with Gasteiger partial charge in [0.2, 0.25) is 5.16 Å². The van der Waals surface area contributed by atoms with Crippen molar-refractivity contribution < 1.29 is 9.84 Å². The lowest BCUT2D eigenvalue weighted by Crippen LogP contribution is -2.47. The smallest absolute Gasteiger partial charge is 0.208 e. The van der Waals surface area contributed by atoms with Crippen molar-refractivity contribution in [3.05, 3.63) is 29.3 Å². The van der Waals surface area contributed by atoms with Crippen LogP contribution in [-0.4, -0.2) is 45.9 Å². The van der Waals surface area contributed by atoms with Gasteiger partial charge in [0.25, 0.3) is 0 Å². The Balaban J connectivity index is 1.47. The van der Waals surface area contributed by atoms with Crippen molar-refractivity contribution in [1.82, 2.24) is 15.2 Å². The van der Waals surface area contributed by atoms with Crippen LogP contribution in [0.2, 0.25) is 0 Å². The molecule has 0 amide bonds. The monoisotopic (exact) mass is 317 g/mol. The van der Waals surface area contributed by atoms with Crippen LogP contribution in [-0.2, 0) is 17.6 Å². The number of ether oxygens (including phenoxy) is 1. The van der Waals surface area contributed by atoms with E-state index in [1.54, 1.807) is 11.8 Å². The first-order valence-corrected chi connectivity index (χ1v) is 8.63. The van der Waals surface area contributed by atoms with Gasteiger partial charge < -0.3 is 9.84 Å². The highest BCUT2D eigenvalue weighted by molar-refractivity contribution is 7.99. The highest BCUT2D eigenvalue weighted by atomic mass is 32.2. The summed E-state index contributed by atoms with van der Waals surface area (Å²) in [5, 5.41) is 17.5. The molecule has 0 bridgehead atoms. The van der Waals surface area contributed by atoms with Crippen LogP contribution in [0.15, 0.2) is 23.4 Å². The van der Waals surface area contributed by atoms with Crippen LogP contribution in [0, 0.1) is 5.41 Å². The second-order valence-corrected chi connectivity index (χ2v) is 7.19. The second kappa shape index (κ2) is 5.68. The van der Waals surface area contributed by atoms with Crippen molar-refractivity contribution in [3.63, 3.8) is 0 Å². The lowest BCUT2D eigenvalue weighted by molar-refractivity contribution is -0.121. The molecule has 6 heteroatoms. The van der Waals surface area contributed by atoms with Gasteiger partial charge in [-0.25, -0.2) is 4.98 Å². The fourth-order valence-corrected chi connectivity index (χ4v) is 3.95. The number of nitrogens with zero attached hydrogens (tertiary/aromatic N) is 2. The number of hydrogen-bond donors (Lipinski definition) is 2. The van der Waals surface area contributed by atoms with E-state index in [0.717, 1.165) is 28.7 Å². The van der Waals surface area contributed by atoms with Crippen LogP contribution in [0.5, 0.6) is 0 Å². The molecule has 116 valence electrons. The molecule has 1 aromatic carbocycles. The van der Waals surface area contributed by atoms with Crippen LogP contribution in [0.25, 0.3) is 11.4 Å². The first-order chi connectivity index (χ1) is 10.8. The summed E-state index contributed by atoms with van der Waals surface area (Å²) in [4.78, 5) is 4.58. The van der Waals surface area contributed by atoms with Crippen molar-refractivity contribution in [1.29, 1.82) is 0 Å². The zero-order valence-electron chi connectivity index (χ0n) is 12.3. The Bertz CT molecular complexity index is 676. The van der Waals surface area contributed by atoms with Crippen LogP contribution in [0.1, 0.15) is 17.5 Å². The predicted molar refractivity (Wildman–Crippen MR) is 84.9 cm³/mol. The van der Waals surface area contributed by atoms with E-state index in [9.17, 15) is 5.11 Å². The number of H-pyrrole nitrogens is 1. The Morgan fingerprint density at radius 1 is 1.27 bits per heavy atom. The molecular formula is C16H19N3O2S. The molecule has 2 aromatic rings. The highest BCUT2D eigenvalue weighted by Gasteiger charge is 2.38. The highest BCUT2D eigenvalue weighted by Crippen LogP contribution is 2.33. The quantitative estimate of drug-likeness (QED) is 0.826. The molecule has 0 radical (unpaired) electrons. The molecule has 4 rings (SSSR count). The number of aryl methyl sites for hydroxylation is 2. The number of nitrogens with one attached hydrogen (secondary N) is 1. The number of aromatic nitrogens is 3. The zero-order chi connectivity index (χ0) is 15.0. The average Bonchev–Trinajstić information content (AvgIpc) is 3.14. The minimum absolute atomic E-state index is 0.112. The lowest BCUT2D eigenvalue weighted by atomic mass is 9.90. The molecule has 1 aliphatic carbocycles. The van der Waals surface area contributed by atoms with Gasteiger partial charge in [-0.1, -0.05) is 23.9 Å². The van der Waals surface area contributed by atoms with Gasteiger partial charge >= 0.3 is 0 Å². The predicted octanol–water partition coefficient (Wildman–Crippen LogP) is 2.06. The zero-order valence-corrected chi connectivity index (χ0v) is 13.2. The molecule has 2 aliphatic rings. The van der Waals surface area contributed by atoms with Crippen molar-refractivity contribution in [2.45, 2.75) is 24.4 Å². The third-order valence-corrected chi connectivity index (χ3v) is 5.69. The van der Waals surface area contributed by atoms with Gasteiger partial charge in [-0.15, -0.1) is 5.10 Å². The molecule has 5 nitrogen and oxygen atoms in total. The van der Waals surface area contributed by atoms with Gasteiger partial charge in [0.05, 0.1) is 19.8 Å². The Morgan fingerprint density at radius 3 is 2.91 bits per heavy atom. The molecule has 2 heterocycles. The summed E-state index contributed by atoms with van der Waals surface area (Å²) in [6.45, 7) is 1.40. The number of hydrogen-bond acceptors (Lipinski definition) is 5. The fraction of sp³-hybridized carbons (Fsp3) is 0.500. The number of benzene rings is 1. The van der Waals surface area contributed by atoms with E-state index in [1.165, 1.54) is 24.0 Å². The topological polar surface area (TPSA) is 71.0 Å².